The van der Waals surface area contributed by atoms with Crippen LogP contribution in [0, 0.1) is 24.4 Å². The first-order valence-corrected chi connectivity index (χ1v) is 6.68. The summed E-state index contributed by atoms with van der Waals surface area (Å²) in [5, 5.41) is 3.88. The van der Waals surface area contributed by atoms with Gasteiger partial charge in [-0.1, -0.05) is 12.1 Å². The second-order valence-electron chi connectivity index (χ2n) is 4.64. The zero-order valence-electron chi connectivity index (χ0n) is 11.3. The van der Waals surface area contributed by atoms with Gasteiger partial charge < -0.3 is 0 Å². The molecule has 3 rings (SSSR count). The summed E-state index contributed by atoms with van der Waals surface area (Å²) in [6.45, 7) is 1.73. The lowest BCUT2D eigenvalue weighted by Gasteiger charge is -2.06. The van der Waals surface area contributed by atoms with Crippen LogP contribution in [0.5, 0.6) is 0 Å². The Labute approximate surface area is 129 Å². The van der Waals surface area contributed by atoms with Gasteiger partial charge in [0.25, 0.3) is 0 Å². The standard InChI is InChI=1S/C15H9ClF3N3/c1-8-5-6-9(17)7-12(8)22-15(16)20-14(21-22)13-10(18)3-2-4-11(13)19/h2-7H,1H3. The minimum Gasteiger partial charge on any atom is -0.207 e. The van der Waals surface area contributed by atoms with Gasteiger partial charge in [-0.25, -0.2) is 17.9 Å². The average Bonchev–Trinajstić information content (AvgIpc) is 2.83. The molecule has 0 saturated carbocycles. The molecule has 0 radical (unpaired) electrons. The summed E-state index contributed by atoms with van der Waals surface area (Å²) in [5.74, 6) is -2.29. The van der Waals surface area contributed by atoms with Crippen LogP contribution in [0.1, 0.15) is 5.56 Å². The quantitative estimate of drug-likeness (QED) is 0.703. The Bertz CT molecular complexity index is 841. The summed E-state index contributed by atoms with van der Waals surface area (Å²) >= 11 is 5.98. The molecule has 1 heterocycles. The van der Waals surface area contributed by atoms with E-state index in [-0.39, 0.29) is 16.7 Å². The Morgan fingerprint density at radius 1 is 1.05 bits per heavy atom. The van der Waals surface area contributed by atoms with E-state index < -0.39 is 17.5 Å². The van der Waals surface area contributed by atoms with Crippen molar-refractivity contribution >= 4 is 11.6 Å². The van der Waals surface area contributed by atoms with E-state index in [9.17, 15) is 13.2 Å². The van der Waals surface area contributed by atoms with Gasteiger partial charge >= 0.3 is 0 Å². The summed E-state index contributed by atoms with van der Waals surface area (Å²) in [6.07, 6.45) is 0. The zero-order valence-corrected chi connectivity index (χ0v) is 12.1. The minimum atomic E-state index is -0.801. The fraction of sp³-hybridized carbons (Fsp3) is 0.0667. The van der Waals surface area contributed by atoms with E-state index in [2.05, 4.69) is 10.1 Å². The van der Waals surface area contributed by atoms with Crippen LogP contribution in [0.25, 0.3) is 17.1 Å². The summed E-state index contributed by atoms with van der Waals surface area (Å²) in [4.78, 5) is 3.86. The fourth-order valence-electron chi connectivity index (χ4n) is 2.07. The molecule has 0 fully saturated rings. The highest BCUT2D eigenvalue weighted by molar-refractivity contribution is 6.28. The van der Waals surface area contributed by atoms with Crippen LogP contribution in [0.3, 0.4) is 0 Å². The Morgan fingerprint density at radius 2 is 1.73 bits per heavy atom. The van der Waals surface area contributed by atoms with Crippen LogP contribution in [-0.2, 0) is 0 Å². The van der Waals surface area contributed by atoms with Gasteiger partial charge in [-0.3, -0.25) is 0 Å². The highest BCUT2D eigenvalue weighted by Gasteiger charge is 2.19. The predicted molar refractivity (Wildman–Crippen MR) is 76.4 cm³/mol. The maximum Gasteiger partial charge on any atom is 0.226 e. The smallest absolute Gasteiger partial charge is 0.207 e. The number of benzene rings is 2. The summed E-state index contributed by atoms with van der Waals surface area (Å²) in [6, 6.07) is 7.49. The molecule has 1 aromatic heterocycles. The molecular weight excluding hydrogens is 315 g/mol. The lowest BCUT2D eigenvalue weighted by molar-refractivity contribution is 0.587. The topological polar surface area (TPSA) is 30.7 Å². The van der Waals surface area contributed by atoms with Crippen LogP contribution < -0.4 is 0 Å². The zero-order chi connectivity index (χ0) is 15.9. The number of aromatic nitrogens is 3. The van der Waals surface area contributed by atoms with Crippen molar-refractivity contribution < 1.29 is 13.2 Å². The van der Waals surface area contributed by atoms with Gasteiger partial charge in [-0.15, -0.1) is 5.10 Å². The van der Waals surface area contributed by atoms with Gasteiger partial charge in [0.1, 0.15) is 17.5 Å². The van der Waals surface area contributed by atoms with Crippen molar-refractivity contribution in [1.82, 2.24) is 14.8 Å². The number of hydrogen-bond donors (Lipinski definition) is 0. The van der Waals surface area contributed by atoms with Crippen LogP contribution in [0.15, 0.2) is 36.4 Å². The van der Waals surface area contributed by atoms with E-state index in [0.717, 1.165) is 16.8 Å². The van der Waals surface area contributed by atoms with Gasteiger partial charge in [0.05, 0.1) is 11.3 Å². The van der Waals surface area contributed by atoms with Crippen LogP contribution in [0.4, 0.5) is 13.2 Å². The molecule has 0 N–H and O–H groups in total. The van der Waals surface area contributed by atoms with E-state index in [1.54, 1.807) is 13.0 Å². The largest absolute Gasteiger partial charge is 0.226 e. The Kier molecular flexibility index (Phi) is 3.62. The molecule has 0 aliphatic rings. The number of aryl methyl sites for hydroxylation is 1. The molecule has 0 spiro atoms. The lowest BCUT2D eigenvalue weighted by atomic mass is 10.2. The van der Waals surface area contributed by atoms with E-state index in [0.29, 0.717) is 11.3 Å². The maximum absolute atomic E-state index is 13.8. The molecule has 0 amide bonds. The fourth-order valence-corrected chi connectivity index (χ4v) is 2.28. The van der Waals surface area contributed by atoms with Gasteiger partial charge in [0.2, 0.25) is 5.28 Å². The van der Waals surface area contributed by atoms with E-state index in [4.69, 9.17) is 11.6 Å². The number of rotatable bonds is 2. The van der Waals surface area contributed by atoms with Gasteiger partial charge in [-0.05, 0) is 48.4 Å². The summed E-state index contributed by atoms with van der Waals surface area (Å²) in [5.41, 5.74) is 0.659. The van der Waals surface area contributed by atoms with Gasteiger partial charge in [0.15, 0.2) is 5.82 Å². The SMILES string of the molecule is Cc1ccc(F)cc1-n1nc(-c2c(F)cccc2F)nc1Cl. The Morgan fingerprint density at radius 3 is 2.41 bits per heavy atom. The molecule has 3 nitrogen and oxygen atoms in total. The van der Waals surface area contributed by atoms with Gasteiger partial charge in [0, 0.05) is 0 Å². The molecule has 3 aromatic rings. The molecular formula is C15H9ClF3N3. The first kappa shape index (κ1) is 14.6. The third-order valence-corrected chi connectivity index (χ3v) is 3.40. The predicted octanol–water partition coefficient (Wildman–Crippen LogP) is 4.31. The van der Waals surface area contributed by atoms with Crippen molar-refractivity contribution in [3.8, 4) is 17.1 Å². The molecule has 0 atom stereocenters. The van der Waals surface area contributed by atoms with E-state index in [1.807, 2.05) is 0 Å². The Balaban J connectivity index is 2.18. The van der Waals surface area contributed by atoms with Crippen molar-refractivity contribution in [2.45, 2.75) is 6.92 Å². The number of halogens is 4. The number of nitrogens with zero attached hydrogens (tertiary/aromatic N) is 3. The minimum absolute atomic E-state index is 0.119. The molecule has 0 unspecified atom stereocenters. The Hall–Kier alpha value is -2.34. The molecule has 112 valence electrons. The van der Waals surface area contributed by atoms with Crippen molar-refractivity contribution in [2.75, 3.05) is 0 Å². The molecule has 22 heavy (non-hydrogen) atoms. The van der Waals surface area contributed by atoms with Crippen LogP contribution >= 0.6 is 11.6 Å². The first-order chi connectivity index (χ1) is 10.5. The average molecular weight is 324 g/mol. The monoisotopic (exact) mass is 323 g/mol. The third-order valence-electron chi connectivity index (χ3n) is 3.15. The van der Waals surface area contributed by atoms with Crippen molar-refractivity contribution in [1.29, 1.82) is 0 Å². The summed E-state index contributed by atoms with van der Waals surface area (Å²) in [7, 11) is 0. The molecule has 0 aliphatic heterocycles. The van der Waals surface area contributed by atoms with Crippen LogP contribution in [-0.4, -0.2) is 14.8 Å². The second kappa shape index (κ2) is 5.46. The number of hydrogen-bond acceptors (Lipinski definition) is 2. The highest BCUT2D eigenvalue weighted by atomic mass is 35.5. The summed E-state index contributed by atoms with van der Waals surface area (Å²) < 4.78 is 42.1. The van der Waals surface area contributed by atoms with Crippen molar-refractivity contribution in [3.05, 3.63) is 64.7 Å². The molecule has 2 aromatic carbocycles. The molecule has 0 aliphatic carbocycles. The lowest BCUT2D eigenvalue weighted by Crippen LogP contribution is -2.01. The van der Waals surface area contributed by atoms with Crippen LogP contribution in [0.2, 0.25) is 5.28 Å². The van der Waals surface area contributed by atoms with E-state index >= 15 is 0 Å². The van der Waals surface area contributed by atoms with Crippen molar-refractivity contribution in [2.24, 2.45) is 0 Å². The molecule has 0 bridgehead atoms. The second-order valence-corrected chi connectivity index (χ2v) is 4.98. The first-order valence-electron chi connectivity index (χ1n) is 6.31. The molecule has 0 saturated heterocycles. The maximum atomic E-state index is 13.8. The van der Waals surface area contributed by atoms with Crippen molar-refractivity contribution in [3.63, 3.8) is 0 Å². The highest BCUT2D eigenvalue weighted by Crippen LogP contribution is 2.26. The molecule has 7 heteroatoms. The van der Waals surface area contributed by atoms with Gasteiger partial charge in [-0.2, -0.15) is 4.98 Å². The normalized spacial score (nSPS) is 11.0. The third kappa shape index (κ3) is 2.46. The van der Waals surface area contributed by atoms with E-state index in [1.165, 1.54) is 18.2 Å².